The Morgan fingerprint density at radius 1 is 1.56 bits per heavy atom. The van der Waals surface area contributed by atoms with Gasteiger partial charge in [0.05, 0.1) is 17.6 Å². The molecule has 4 heteroatoms. The summed E-state index contributed by atoms with van der Waals surface area (Å²) in [5.74, 6) is -1.09. The van der Waals surface area contributed by atoms with E-state index in [1.807, 2.05) is 32.0 Å². The van der Waals surface area contributed by atoms with Gasteiger partial charge < -0.3 is 10.0 Å². The van der Waals surface area contributed by atoms with E-state index >= 15 is 0 Å². The first-order valence-corrected chi connectivity index (χ1v) is 5.94. The van der Waals surface area contributed by atoms with E-state index in [9.17, 15) is 4.79 Å². The van der Waals surface area contributed by atoms with E-state index in [0.29, 0.717) is 18.5 Å². The van der Waals surface area contributed by atoms with E-state index in [-0.39, 0.29) is 11.5 Å². The van der Waals surface area contributed by atoms with Crippen molar-refractivity contribution in [3.8, 4) is 6.07 Å². The van der Waals surface area contributed by atoms with E-state index in [1.54, 1.807) is 6.07 Å². The van der Waals surface area contributed by atoms with Crippen LogP contribution in [-0.4, -0.2) is 23.2 Å². The third-order valence-corrected chi connectivity index (χ3v) is 3.52. The molecule has 1 N–H and O–H groups in total. The molecule has 1 unspecified atom stereocenters. The molecule has 1 aromatic carbocycles. The van der Waals surface area contributed by atoms with Crippen LogP contribution in [0.4, 0.5) is 5.69 Å². The number of carbonyl (C=O) groups is 1. The van der Waals surface area contributed by atoms with Crippen LogP contribution in [0.25, 0.3) is 0 Å². The van der Waals surface area contributed by atoms with Crippen molar-refractivity contribution in [2.75, 3.05) is 11.4 Å². The van der Waals surface area contributed by atoms with Gasteiger partial charge in [-0.05, 0) is 38.5 Å². The quantitative estimate of drug-likeness (QED) is 0.866. The standard InChI is InChI=1S/C14H16N2O2/c1-14(2)7-11(13(17)18)9-16(14)12-5-3-4-10(6-12)8-15/h3-6,11H,7,9H2,1-2H3,(H,17,18). The summed E-state index contributed by atoms with van der Waals surface area (Å²) in [6.45, 7) is 4.57. The molecule has 1 aliphatic rings. The van der Waals surface area contributed by atoms with Crippen LogP contribution in [0.1, 0.15) is 25.8 Å². The maximum absolute atomic E-state index is 11.1. The molecule has 0 saturated carbocycles. The smallest absolute Gasteiger partial charge is 0.308 e. The van der Waals surface area contributed by atoms with E-state index in [1.165, 1.54) is 0 Å². The van der Waals surface area contributed by atoms with Gasteiger partial charge in [-0.3, -0.25) is 4.79 Å². The lowest BCUT2D eigenvalue weighted by Crippen LogP contribution is -2.38. The molecular formula is C14H16N2O2. The molecule has 0 radical (unpaired) electrons. The molecule has 1 aromatic rings. The SMILES string of the molecule is CC1(C)CC(C(=O)O)CN1c1cccc(C#N)c1. The number of hydrogen-bond donors (Lipinski definition) is 1. The van der Waals surface area contributed by atoms with Gasteiger partial charge >= 0.3 is 5.97 Å². The third kappa shape index (κ3) is 2.17. The van der Waals surface area contributed by atoms with Crippen molar-refractivity contribution in [2.24, 2.45) is 5.92 Å². The Bertz CT molecular complexity index is 517. The second kappa shape index (κ2) is 4.34. The summed E-state index contributed by atoms with van der Waals surface area (Å²) in [6, 6.07) is 9.43. The summed E-state index contributed by atoms with van der Waals surface area (Å²) in [7, 11) is 0. The summed E-state index contributed by atoms with van der Waals surface area (Å²) in [5, 5.41) is 18.0. The number of carboxylic acid groups (broad SMARTS) is 1. The number of aliphatic carboxylic acids is 1. The summed E-state index contributed by atoms with van der Waals surface area (Å²) in [5.41, 5.74) is 1.32. The number of carboxylic acids is 1. The van der Waals surface area contributed by atoms with Crippen LogP contribution in [0.3, 0.4) is 0 Å². The normalized spacial score (nSPS) is 21.6. The highest BCUT2D eigenvalue weighted by molar-refractivity contribution is 5.73. The largest absolute Gasteiger partial charge is 0.481 e. The zero-order valence-corrected chi connectivity index (χ0v) is 10.6. The highest BCUT2D eigenvalue weighted by Gasteiger charge is 2.41. The first-order valence-electron chi connectivity index (χ1n) is 5.94. The predicted molar refractivity (Wildman–Crippen MR) is 68.3 cm³/mol. The number of anilines is 1. The van der Waals surface area contributed by atoms with Gasteiger partial charge in [0.15, 0.2) is 0 Å². The van der Waals surface area contributed by atoms with Crippen LogP contribution in [0, 0.1) is 17.2 Å². The van der Waals surface area contributed by atoms with Gasteiger partial charge in [-0.25, -0.2) is 0 Å². The van der Waals surface area contributed by atoms with E-state index in [0.717, 1.165) is 5.69 Å². The second-order valence-electron chi connectivity index (χ2n) is 5.32. The fourth-order valence-corrected chi connectivity index (χ4v) is 2.61. The molecule has 94 valence electrons. The molecule has 0 spiro atoms. The fourth-order valence-electron chi connectivity index (χ4n) is 2.61. The lowest BCUT2D eigenvalue weighted by molar-refractivity contribution is -0.141. The summed E-state index contributed by atoms with van der Waals surface area (Å²) < 4.78 is 0. The van der Waals surface area contributed by atoms with Crippen molar-refractivity contribution in [3.63, 3.8) is 0 Å². The molecule has 0 amide bonds. The van der Waals surface area contributed by atoms with Crippen LogP contribution >= 0.6 is 0 Å². The van der Waals surface area contributed by atoms with Crippen LogP contribution in [-0.2, 0) is 4.79 Å². The molecule has 1 saturated heterocycles. The Kier molecular flexibility index (Phi) is 3.00. The topological polar surface area (TPSA) is 64.3 Å². The average molecular weight is 244 g/mol. The molecule has 0 aromatic heterocycles. The van der Waals surface area contributed by atoms with Gasteiger partial charge in [-0.1, -0.05) is 6.07 Å². The molecule has 1 atom stereocenters. The molecule has 1 heterocycles. The summed E-state index contributed by atoms with van der Waals surface area (Å²) in [4.78, 5) is 13.2. The maximum atomic E-state index is 11.1. The lowest BCUT2D eigenvalue weighted by atomic mass is 9.96. The highest BCUT2D eigenvalue weighted by atomic mass is 16.4. The number of nitriles is 1. The summed E-state index contributed by atoms with van der Waals surface area (Å²) in [6.07, 6.45) is 0.624. The van der Waals surface area contributed by atoms with E-state index in [2.05, 4.69) is 11.0 Å². The molecule has 18 heavy (non-hydrogen) atoms. The van der Waals surface area contributed by atoms with E-state index in [4.69, 9.17) is 10.4 Å². The van der Waals surface area contributed by atoms with Crippen molar-refractivity contribution >= 4 is 11.7 Å². The average Bonchev–Trinajstić information content (AvgIpc) is 2.65. The van der Waals surface area contributed by atoms with Crippen LogP contribution in [0.2, 0.25) is 0 Å². The first-order chi connectivity index (χ1) is 8.44. The Hall–Kier alpha value is -2.02. The Morgan fingerprint density at radius 3 is 2.83 bits per heavy atom. The molecule has 1 fully saturated rings. The minimum atomic E-state index is -0.748. The second-order valence-corrected chi connectivity index (χ2v) is 5.32. The molecule has 0 aliphatic carbocycles. The summed E-state index contributed by atoms with van der Waals surface area (Å²) >= 11 is 0. The van der Waals surface area contributed by atoms with E-state index < -0.39 is 5.97 Å². The van der Waals surface area contributed by atoms with Crippen molar-refractivity contribution < 1.29 is 9.90 Å². The van der Waals surface area contributed by atoms with Crippen molar-refractivity contribution in [3.05, 3.63) is 29.8 Å². The van der Waals surface area contributed by atoms with Crippen molar-refractivity contribution in [1.82, 2.24) is 0 Å². The van der Waals surface area contributed by atoms with Crippen molar-refractivity contribution in [2.45, 2.75) is 25.8 Å². The van der Waals surface area contributed by atoms with Crippen LogP contribution < -0.4 is 4.90 Å². The molecule has 0 bridgehead atoms. The third-order valence-electron chi connectivity index (χ3n) is 3.52. The van der Waals surface area contributed by atoms with Crippen LogP contribution in [0.15, 0.2) is 24.3 Å². The first kappa shape index (κ1) is 12.4. The monoisotopic (exact) mass is 244 g/mol. The van der Waals surface area contributed by atoms with Gasteiger partial charge in [-0.15, -0.1) is 0 Å². The number of rotatable bonds is 2. The molecular weight excluding hydrogens is 228 g/mol. The Morgan fingerprint density at radius 2 is 2.28 bits per heavy atom. The zero-order chi connectivity index (χ0) is 13.3. The lowest BCUT2D eigenvalue weighted by Gasteiger charge is -2.33. The number of benzene rings is 1. The van der Waals surface area contributed by atoms with Gasteiger partial charge in [0.25, 0.3) is 0 Å². The predicted octanol–water partition coefficient (Wildman–Crippen LogP) is 2.25. The van der Waals surface area contributed by atoms with Gasteiger partial charge in [0.1, 0.15) is 0 Å². The molecule has 2 rings (SSSR count). The Balaban J connectivity index is 2.32. The molecule has 1 aliphatic heterocycles. The highest BCUT2D eigenvalue weighted by Crippen LogP contribution is 2.37. The number of hydrogen-bond acceptors (Lipinski definition) is 3. The van der Waals surface area contributed by atoms with Gasteiger partial charge in [0.2, 0.25) is 0 Å². The maximum Gasteiger partial charge on any atom is 0.308 e. The van der Waals surface area contributed by atoms with Gasteiger partial charge in [0, 0.05) is 17.8 Å². The Labute approximate surface area is 106 Å². The van der Waals surface area contributed by atoms with Crippen molar-refractivity contribution in [1.29, 1.82) is 5.26 Å². The fraction of sp³-hybridized carbons (Fsp3) is 0.429. The zero-order valence-electron chi connectivity index (χ0n) is 10.6. The minimum absolute atomic E-state index is 0.197. The minimum Gasteiger partial charge on any atom is -0.481 e. The molecule has 4 nitrogen and oxygen atoms in total. The number of nitrogens with zero attached hydrogens (tertiary/aromatic N) is 2. The van der Waals surface area contributed by atoms with Crippen LogP contribution in [0.5, 0.6) is 0 Å². The van der Waals surface area contributed by atoms with Gasteiger partial charge in [-0.2, -0.15) is 5.26 Å².